The van der Waals surface area contributed by atoms with Gasteiger partial charge in [0.2, 0.25) is 5.88 Å². The molecule has 0 aliphatic heterocycles. The van der Waals surface area contributed by atoms with Crippen LogP contribution in [0.2, 0.25) is 0 Å². The fourth-order valence-electron chi connectivity index (χ4n) is 3.00. The SMILES string of the molecule is Cc1csc(SCc2ccc(C(=O)Nc3ccc(Oc4ncccc4C#N)cc3C)cc2)n1. The summed E-state index contributed by atoms with van der Waals surface area (Å²) in [4.78, 5) is 21.3. The number of hydrogen-bond acceptors (Lipinski definition) is 7. The lowest BCUT2D eigenvalue weighted by atomic mass is 10.1. The van der Waals surface area contributed by atoms with Gasteiger partial charge < -0.3 is 10.1 Å². The minimum Gasteiger partial charge on any atom is -0.438 e. The minimum absolute atomic E-state index is 0.182. The van der Waals surface area contributed by atoms with E-state index in [0.29, 0.717) is 22.6 Å². The third kappa shape index (κ3) is 5.77. The summed E-state index contributed by atoms with van der Waals surface area (Å²) in [6.45, 7) is 3.87. The number of nitrogens with one attached hydrogen (secondary N) is 1. The molecule has 2 aromatic heterocycles. The monoisotopic (exact) mass is 472 g/mol. The lowest BCUT2D eigenvalue weighted by molar-refractivity contribution is 0.102. The fourth-order valence-corrected chi connectivity index (χ4v) is 4.80. The van der Waals surface area contributed by atoms with Gasteiger partial charge in [-0.1, -0.05) is 23.9 Å². The summed E-state index contributed by atoms with van der Waals surface area (Å²) in [5.41, 5.74) is 4.63. The molecule has 1 N–H and O–H groups in total. The predicted molar refractivity (Wildman–Crippen MR) is 131 cm³/mol. The summed E-state index contributed by atoms with van der Waals surface area (Å²) >= 11 is 3.33. The smallest absolute Gasteiger partial charge is 0.255 e. The highest BCUT2D eigenvalue weighted by Crippen LogP contribution is 2.28. The maximum atomic E-state index is 12.7. The van der Waals surface area contributed by atoms with Crippen LogP contribution < -0.4 is 10.1 Å². The predicted octanol–water partition coefficient (Wildman–Crippen LogP) is 6.36. The van der Waals surface area contributed by atoms with Crippen LogP contribution >= 0.6 is 23.1 Å². The van der Waals surface area contributed by atoms with Crippen molar-refractivity contribution in [3.05, 3.63) is 94.1 Å². The highest BCUT2D eigenvalue weighted by atomic mass is 32.2. The van der Waals surface area contributed by atoms with Gasteiger partial charge in [0.1, 0.15) is 21.7 Å². The number of pyridine rings is 1. The Labute approximate surface area is 200 Å². The first-order chi connectivity index (χ1) is 16.0. The molecule has 4 aromatic rings. The molecule has 0 radical (unpaired) electrons. The van der Waals surface area contributed by atoms with E-state index in [4.69, 9.17) is 4.74 Å². The van der Waals surface area contributed by atoms with E-state index in [2.05, 4.69) is 21.4 Å². The van der Waals surface area contributed by atoms with Crippen LogP contribution in [0.4, 0.5) is 5.69 Å². The van der Waals surface area contributed by atoms with Crippen LogP contribution in [0.3, 0.4) is 0 Å². The Morgan fingerprint density at radius 1 is 1.18 bits per heavy atom. The Balaban J connectivity index is 1.38. The molecule has 0 atom stereocenters. The van der Waals surface area contributed by atoms with Gasteiger partial charge in [-0.3, -0.25) is 4.79 Å². The zero-order valence-corrected chi connectivity index (χ0v) is 19.7. The second-order valence-electron chi connectivity index (χ2n) is 7.24. The lowest BCUT2D eigenvalue weighted by Gasteiger charge is -2.11. The molecule has 8 heteroatoms. The first kappa shape index (κ1) is 22.5. The van der Waals surface area contributed by atoms with E-state index in [0.717, 1.165) is 26.9 Å². The van der Waals surface area contributed by atoms with Crippen LogP contribution in [0.15, 0.2) is 70.5 Å². The summed E-state index contributed by atoms with van der Waals surface area (Å²) in [7, 11) is 0. The van der Waals surface area contributed by atoms with Crippen molar-refractivity contribution in [2.24, 2.45) is 0 Å². The van der Waals surface area contributed by atoms with E-state index in [-0.39, 0.29) is 11.8 Å². The molecule has 0 aliphatic rings. The van der Waals surface area contributed by atoms with Crippen molar-refractivity contribution in [2.45, 2.75) is 23.9 Å². The molecule has 0 fully saturated rings. The highest BCUT2D eigenvalue weighted by molar-refractivity contribution is 8.00. The zero-order valence-electron chi connectivity index (χ0n) is 18.0. The third-order valence-electron chi connectivity index (χ3n) is 4.73. The zero-order chi connectivity index (χ0) is 23.2. The average Bonchev–Trinajstić information content (AvgIpc) is 3.25. The number of rotatable bonds is 7. The van der Waals surface area contributed by atoms with Crippen LogP contribution in [0, 0.1) is 25.2 Å². The molecular weight excluding hydrogens is 452 g/mol. The molecule has 0 saturated carbocycles. The lowest BCUT2D eigenvalue weighted by Crippen LogP contribution is -2.12. The van der Waals surface area contributed by atoms with Crippen molar-refractivity contribution in [2.75, 3.05) is 5.32 Å². The van der Waals surface area contributed by atoms with Crippen molar-refractivity contribution in [3.8, 4) is 17.7 Å². The van der Waals surface area contributed by atoms with Gasteiger partial charge in [-0.2, -0.15) is 5.26 Å². The summed E-state index contributed by atoms with van der Waals surface area (Å²) in [6, 6.07) is 18.3. The Bertz CT molecular complexity index is 1330. The van der Waals surface area contributed by atoms with Gasteiger partial charge in [0.15, 0.2) is 0 Å². The van der Waals surface area contributed by atoms with Crippen molar-refractivity contribution < 1.29 is 9.53 Å². The van der Waals surface area contributed by atoms with Gasteiger partial charge >= 0.3 is 0 Å². The number of aryl methyl sites for hydroxylation is 2. The van der Waals surface area contributed by atoms with Crippen LogP contribution in [-0.2, 0) is 5.75 Å². The molecule has 2 heterocycles. The number of ether oxygens (including phenoxy) is 1. The number of anilines is 1. The number of amides is 1. The minimum atomic E-state index is -0.182. The van der Waals surface area contributed by atoms with Crippen molar-refractivity contribution in [1.29, 1.82) is 5.26 Å². The molecule has 0 spiro atoms. The van der Waals surface area contributed by atoms with Crippen molar-refractivity contribution in [1.82, 2.24) is 9.97 Å². The summed E-state index contributed by atoms with van der Waals surface area (Å²) in [5, 5.41) is 14.2. The number of nitrogens with zero attached hydrogens (tertiary/aromatic N) is 3. The van der Waals surface area contributed by atoms with E-state index in [1.165, 1.54) is 0 Å². The summed E-state index contributed by atoms with van der Waals surface area (Å²) in [5.74, 6) is 1.41. The number of carbonyl (C=O) groups excluding carboxylic acids is 1. The molecule has 0 bridgehead atoms. The van der Waals surface area contributed by atoms with Gasteiger partial charge in [-0.15, -0.1) is 11.3 Å². The number of benzene rings is 2. The molecule has 4 rings (SSSR count). The average molecular weight is 473 g/mol. The summed E-state index contributed by atoms with van der Waals surface area (Å²) < 4.78 is 6.79. The molecule has 164 valence electrons. The van der Waals surface area contributed by atoms with Gasteiger partial charge in [0, 0.05) is 34.3 Å². The van der Waals surface area contributed by atoms with Crippen LogP contribution in [0.5, 0.6) is 11.6 Å². The molecule has 6 nitrogen and oxygen atoms in total. The first-order valence-electron chi connectivity index (χ1n) is 10.1. The maximum absolute atomic E-state index is 12.7. The summed E-state index contributed by atoms with van der Waals surface area (Å²) in [6.07, 6.45) is 1.57. The molecule has 0 saturated heterocycles. The number of aromatic nitrogens is 2. The first-order valence-corrected chi connectivity index (χ1v) is 12.0. The topological polar surface area (TPSA) is 87.9 Å². The van der Waals surface area contributed by atoms with E-state index < -0.39 is 0 Å². The van der Waals surface area contributed by atoms with Crippen molar-refractivity contribution >= 4 is 34.7 Å². The Morgan fingerprint density at radius 3 is 2.70 bits per heavy atom. The van der Waals surface area contributed by atoms with E-state index in [1.54, 1.807) is 59.6 Å². The van der Waals surface area contributed by atoms with Crippen LogP contribution in [0.1, 0.15) is 32.7 Å². The van der Waals surface area contributed by atoms with Gasteiger partial charge in [0.25, 0.3) is 5.91 Å². The van der Waals surface area contributed by atoms with E-state index >= 15 is 0 Å². The largest absolute Gasteiger partial charge is 0.438 e. The van der Waals surface area contributed by atoms with E-state index in [9.17, 15) is 10.1 Å². The fraction of sp³-hybridized carbons (Fsp3) is 0.120. The number of thiazole rings is 1. The Kier molecular flexibility index (Phi) is 7.03. The van der Waals surface area contributed by atoms with Gasteiger partial charge in [-0.05, 0) is 67.4 Å². The normalized spacial score (nSPS) is 10.5. The van der Waals surface area contributed by atoms with Crippen molar-refractivity contribution in [3.63, 3.8) is 0 Å². The molecule has 0 aliphatic carbocycles. The number of carbonyl (C=O) groups is 1. The quantitative estimate of drug-likeness (QED) is 0.315. The number of hydrogen-bond donors (Lipinski definition) is 1. The van der Waals surface area contributed by atoms with E-state index in [1.807, 2.05) is 43.5 Å². The van der Waals surface area contributed by atoms with Gasteiger partial charge in [-0.25, -0.2) is 9.97 Å². The number of nitriles is 1. The molecule has 2 aromatic carbocycles. The molecule has 33 heavy (non-hydrogen) atoms. The third-order valence-corrected chi connectivity index (χ3v) is 6.94. The highest BCUT2D eigenvalue weighted by Gasteiger charge is 2.11. The Hall–Kier alpha value is -3.67. The molecule has 1 amide bonds. The second kappa shape index (κ2) is 10.3. The second-order valence-corrected chi connectivity index (χ2v) is 9.32. The molecular formula is C25H20N4O2S2. The maximum Gasteiger partial charge on any atom is 0.255 e. The molecule has 0 unspecified atom stereocenters. The van der Waals surface area contributed by atoms with Crippen LogP contribution in [0.25, 0.3) is 0 Å². The Morgan fingerprint density at radius 2 is 2.00 bits per heavy atom. The standard InChI is InChI=1S/C25H20N4O2S2/c1-16-12-21(31-24-20(13-26)4-3-11-27-24)9-10-22(16)29-23(30)19-7-5-18(6-8-19)15-33-25-28-17(2)14-32-25/h3-12,14H,15H2,1-2H3,(H,29,30). The van der Waals surface area contributed by atoms with Gasteiger partial charge in [0.05, 0.1) is 0 Å². The van der Waals surface area contributed by atoms with Crippen LogP contribution in [-0.4, -0.2) is 15.9 Å². The number of thioether (sulfide) groups is 1.